The zero-order valence-electron chi connectivity index (χ0n) is 22.5. The number of nitrogens with one attached hydrogen (secondary N) is 1. The molecule has 198 valence electrons. The zero-order valence-corrected chi connectivity index (χ0v) is 23.3. The van der Waals surface area contributed by atoms with Gasteiger partial charge in [0.25, 0.3) is 0 Å². The van der Waals surface area contributed by atoms with Crippen LogP contribution < -0.4 is 9.62 Å². The van der Waals surface area contributed by atoms with Gasteiger partial charge in [0.05, 0.1) is 11.9 Å². The minimum absolute atomic E-state index is 0.0138. The third-order valence-corrected chi connectivity index (χ3v) is 7.54. The van der Waals surface area contributed by atoms with E-state index >= 15 is 0 Å². The topological polar surface area (TPSA) is 86.8 Å². The molecular weight excluding hydrogens is 474 g/mol. The summed E-state index contributed by atoms with van der Waals surface area (Å²) in [5.41, 5.74) is 3.50. The fraction of sp³-hybridized carbons (Fsp3) is 0.500. The van der Waals surface area contributed by atoms with Crippen molar-refractivity contribution in [3.63, 3.8) is 0 Å². The molecule has 0 aliphatic heterocycles. The molecule has 0 heterocycles. The molecule has 2 rings (SSSR count). The van der Waals surface area contributed by atoms with Crippen LogP contribution in [0.25, 0.3) is 0 Å². The number of sulfonamides is 1. The number of carbonyl (C=O) groups excluding carboxylic acids is 2. The van der Waals surface area contributed by atoms with Crippen molar-refractivity contribution in [3.8, 4) is 0 Å². The minimum Gasteiger partial charge on any atom is -0.352 e. The van der Waals surface area contributed by atoms with Crippen molar-refractivity contribution in [2.75, 3.05) is 17.1 Å². The van der Waals surface area contributed by atoms with Gasteiger partial charge >= 0.3 is 0 Å². The van der Waals surface area contributed by atoms with Crippen molar-refractivity contribution < 1.29 is 18.0 Å². The molecule has 0 spiro atoms. The van der Waals surface area contributed by atoms with Gasteiger partial charge < -0.3 is 10.2 Å². The number of para-hydroxylation sites is 1. The maximum absolute atomic E-state index is 13.5. The van der Waals surface area contributed by atoms with Crippen LogP contribution in [0.15, 0.2) is 48.5 Å². The first kappa shape index (κ1) is 29.4. The number of nitrogens with zero attached hydrogens (tertiary/aromatic N) is 2. The first-order chi connectivity index (χ1) is 17.0. The summed E-state index contributed by atoms with van der Waals surface area (Å²) >= 11 is 0. The Kier molecular flexibility index (Phi) is 11.0. The molecule has 0 saturated heterocycles. The molecule has 0 fully saturated rings. The second-order valence-corrected chi connectivity index (χ2v) is 11.4. The van der Waals surface area contributed by atoms with Crippen LogP contribution in [0.5, 0.6) is 0 Å². The maximum atomic E-state index is 13.5. The Labute approximate surface area is 216 Å². The van der Waals surface area contributed by atoms with E-state index in [1.807, 2.05) is 71.0 Å². The highest BCUT2D eigenvalue weighted by Gasteiger charge is 2.29. The molecule has 0 aliphatic rings. The van der Waals surface area contributed by atoms with Gasteiger partial charge in [0.2, 0.25) is 21.8 Å². The molecule has 0 bridgehead atoms. The van der Waals surface area contributed by atoms with E-state index in [0.717, 1.165) is 23.1 Å². The fourth-order valence-electron chi connectivity index (χ4n) is 4.19. The van der Waals surface area contributed by atoms with E-state index in [4.69, 9.17) is 0 Å². The maximum Gasteiger partial charge on any atom is 0.243 e. The summed E-state index contributed by atoms with van der Waals surface area (Å²) in [6.07, 6.45) is 2.94. The second kappa shape index (κ2) is 13.4. The molecule has 0 radical (unpaired) electrons. The Morgan fingerprint density at radius 3 is 2.28 bits per heavy atom. The third kappa shape index (κ3) is 8.36. The van der Waals surface area contributed by atoms with E-state index in [2.05, 4.69) is 5.32 Å². The van der Waals surface area contributed by atoms with Crippen LogP contribution in [-0.2, 0) is 26.2 Å². The molecule has 2 unspecified atom stereocenters. The third-order valence-electron chi connectivity index (χ3n) is 6.36. The van der Waals surface area contributed by atoms with Gasteiger partial charge in [-0.15, -0.1) is 0 Å². The molecule has 1 N–H and O–H groups in total. The summed E-state index contributed by atoms with van der Waals surface area (Å²) in [7, 11) is -3.52. The summed E-state index contributed by atoms with van der Waals surface area (Å²) in [6.45, 7) is 10.2. The molecule has 7 nitrogen and oxygen atoms in total. The summed E-state index contributed by atoms with van der Waals surface area (Å²) < 4.78 is 26.4. The number of amides is 2. The lowest BCUT2D eigenvalue weighted by molar-refractivity contribution is -0.141. The van der Waals surface area contributed by atoms with Crippen molar-refractivity contribution >= 4 is 27.5 Å². The predicted molar refractivity (Wildman–Crippen MR) is 146 cm³/mol. The highest BCUT2D eigenvalue weighted by Crippen LogP contribution is 2.23. The van der Waals surface area contributed by atoms with Crippen LogP contribution >= 0.6 is 0 Å². The zero-order chi connectivity index (χ0) is 26.9. The average molecular weight is 516 g/mol. The van der Waals surface area contributed by atoms with Crippen LogP contribution in [0.3, 0.4) is 0 Å². The molecule has 0 aromatic heterocycles. The van der Waals surface area contributed by atoms with Crippen molar-refractivity contribution in [2.24, 2.45) is 0 Å². The van der Waals surface area contributed by atoms with Crippen molar-refractivity contribution in [1.29, 1.82) is 0 Å². The number of benzene rings is 2. The Balaban J connectivity index is 2.24. The van der Waals surface area contributed by atoms with Crippen molar-refractivity contribution in [3.05, 3.63) is 65.2 Å². The molecule has 2 aromatic carbocycles. The first-order valence-electron chi connectivity index (χ1n) is 12.7. The molecule has 2 atom stereocenters. The average Bonchev–Trinajstić information content (AvgIpc) is 2.81. The van der Waals surface area contributed by atoms with Crippen molar-refractivity contribution in [2.45, 2.75) is 78.9 Å². The lowest BCUT2D eigenvalue weighted by Crippen LogP contribution is -2.50. The number of anilines is 1. The fourth-order valence-corrected chi connectivity index (χ4v) is 5.22. The number of hydrogen-bond donors (Lipinski definition) is 1. The Morgan fingerprint density at radius 1 is 1.00 bits per heavy atom. The number of hydrogen-bond acceptors (Lipinski definition) is 4. The van der Waals surface area contributed by atoms with Gasteiger partial charge in [0, 0.05) is 25.6 Å². The molecule has 2 amide bonds. The molecule has 0 saturated carbocycles. The normalized spacial score (nSPS) is 13.1. The molecule has 2 aromatic rings. The van der Waals surface area contributed by atoms with Gasteiger partial charge in [0.15, 0.2) is 0 Å². The SMILES string of the molecule is CCC(C)NC(=O)C(CC)N(Cc1cccc(C)c1)C(=O)CCCN(c1ccccc1C)S(C)(=O)=O. The predicted octanol–water partition coefficient (Wildman–Crippen LogP) is 4.57. The van der Waals surface area contributed by atoms with Crippen LogP contribution in [0, 0.1) is 13.8 Å². The highest BCUT2D eigenvalue weighted by molar-refractivity contribution is 7.92. The standard InChI is InChI=1S/C28H41N3O4S/c1-7-23(5)29-28(33)25(8-2)30(20-24-15-11-13-21(3)19-24)27(32)17-12-18-31(36(6,34)35)26-16-10-9-14-22(26)4/h9-11,13-16,19,23,25H,7-8,12,17-18,20H2,1-6H3,(H,29,33). The van der Waals surface area contributed by atoms with E-state index in [1.54, 1.807) is 17.0 Å². The number of rotatable bonds is 13. The summed E-state index contributed by atoms with van der Waals surface area (Å²) in [6, 6.07) is 14.6. The van der Waals surface area contributed by atoms with E-state index in [1.165, 1.54) is 10.6 Å². The van der Waals surface area contributed by atoms with Gasteiger partial charge in [-0.2, -0.15) is 0 Å². The van der Waals surface area contributed by atoms with Crippen LogP contribution in [0.2, 0.25) is 0 Å². The Hall–Kier alpha value is -2.87. The first-order valence-corrected chi connectivity index (χ1v) is 14.5. The van der Waals surface area contributed by atoms with Gasteiger partial charge in [-0.1, -0.05) is 61.9 Å². The lowest BCUT2D eigenvalue weighted by atomic mass is 10.1. The number of aryl methyl sites for hydroxylation is 2. The van der Waals surface area contributed by atoms with E-state index in [0.29, 0.717) is 25.1 Å². The number of carbonyl (C=O) groups is 2. The van der Waals surface area contributed by atoms with Gasteiger partial charge in [-0.05, 0) is 57.2 Å². The molecule has 36 heavy (non-hydrogen) atoms. The van der Waals surface area contributed by atoms with Gasteiger partial charge in [0.1, 0.15) is 6.04 Å². The minimum atomic E-state index is -3.52. The molecular formula is C28H41N3O4S. The van der Waals surface area contributed by atoms with Gasteiger partial charge in [-0.3, -0.25) is 13.9 Å². The van der Waals surface area contributed by atoms with Crippen molar-refractivity contribution in [1.82, 2.24) is 10.2 Å². The second-order valence-electron chi connectivity index (χ2n) is 9.48. The summed E-state index contributed by atoms with van der Waals surface area (Å²) in [5, 5.41) is 3.01. The highest BCUT2D eigenvalue weighted by atomic mass is 32.2. The van der Waals surface area contributed by atoms with E-state index in [-0.39, 0.29) is 30.8 Å². The van der Waals surface area contributed by atoms with Crippen LogP contribution in [-0.4, -0.2) is 50.0 Å². The van der Waals surface area contributed by atoms with E-state index in [9.17, 15) is 18.0 Å². The molecule has 8 heteroatoms. The van der Waals surface area contributed by atoms with Gasteiger partial charge in [-0.25, -0.2) is 8.42 Å². The van der Waals surface area contributed by atoms with E-state index < -0.39 is 16.1 Å². The smallest absolute Gasteiger partial charge is 0.243 e. The summed E-state index contributed by atoms with van der Waals surface area (Å²) in [4.78, 5) is 28.2. The quantitative estimate of drug-likeness (QED) is 0.423. The molecule has 0 aliphatic carbocycles. The van der Waals surface area contributed by atoms with Crippen LogP contribution in [0.1, 0.15) is 63.1 Å². The lowest BCUT2D eigenvalue weighted by Gasteiger charge is -2.32. The Bertz CT molecular complexity index is 1130. The summed E-state index contributed by atoms with van der Waals surface area (Å²) in [5.74, 6) is -0.327. The monoisotopic (exact) mass is 515 g/mol. The largest absolute Gasteiger partial charge is 0.352 e. The Morgan fingerprint density at radius 2 is 1.69 bits per heavy atom. The van der Waals surface area contributed by atoms with Crippen LogP contribution in [0.4, 0.5) is 5.69 Å².